The van der Waals surface area contributed by atoms with Crippen LogP contribution in [0.1, 0.15) is 18.4 Å². The summed E-state index contributed by atoms with van der Waals surface area (Å²) < 4.78 is 5.04. The molecule has 0 bridgehead atoms. The molecular formula is C13H22N2OS. The minimum atomic E-state index is 0.701. The summed E-state index contributed by atoms with van der Waals surface area (Å²) in [6, 6.07) is 2.94. The van der Waals surface area contributed by atoms with Crippen LogP contribution in [0.3, 0.4) is 0 Å². The number of hydrogen-bond acceptors (Lipinski definition) is 4. The molecule has 0 radical (unpaired) electrons. The van der Waals surface area contributed by atoms with Crippen LogP contribution in [0.5, 0.6) is 0 Å². The van der Waals surface area contributed by atoms with E-state index in [1.54, 1.807) is 18.4 Å². The van der Waals surface area contributed by atoms with Crippen LogP contribution < -0.4 is 5.32 Å². The van der Waals surface area contributed by atoms with Gasteiger partial charge < -0.3 is 10.1 Å². The second-order valence-corrected chi connectivity index (χ2v) is 5.38. The molecule has 0 aliphatic carbocycles. The molecule has 0 spiro atoms. The van der Waals surface area contributed by atoms with Crippen molar-refractivity contribution >= 4 is 11.3 Å². The number of likely N-dealkylation sites (tertiary alicyclic amines) is 1. The maximum absolute atomic E-state index is 5.04. The van der Waals surface area contributed by atoms with Gasteiger partial charge in [0, 0.05) is 32.8 Å². The van der Waals surface area contributed by atoms with Crippen molar-refractivity contribution in [2.75, 3.05) is 33.4 Å². The molecule has 1 aromatic rings. The van der Waals surface area contributed by atoms with Gasteiger partial charge in [-0.1, -0.05) is 0 Å². The minimum Gasteiger partial charge on any atom is -0.383 e. The van der Waals surface area contributed by atoms with E-state index in [0.717, 1.165) is 26.2 Å². The van der Waals surface area contributed by atoms with Crippen LogP contribution in [0, 0.1) is 0 Å². The van der Waals surface area contributed by atoms with Crippen LogP contribution in [0.4, 0.5) is 0 Å². The van der Waals surface area contributed by atoms with Crippen molar-refractivity contribution in [2.45, 2.75) is 25.4 Å². The van der Waals surface area contributed by atoms with Gasteiger partial charge in [0.05, 0.1) is 6.61 Å². The van der Waals surface area contributed by atoms with Crippen LogP contribution in [-0.2, 0) is 11.3 Å². The molecule has 2 heterocycles. The molecule has 1 aliphatic rings. The lowest BCUT2D eigenvalue weighted by molar-refractivity contribution is 0.191. The number of ether oxygens (including phenoxy) is 1. The maximum Gasteiger partial charge on any atom is 0.0587 e. The SMILES string of the molecule is COCCNCC1CCCN1Cc1ccsc1. The lowest BCUT2D eigenvalue weighted by Crippen LogP contribution is -2.38. The van der Waals surface area contributed by atoms with Crippen LogP contribution in [0.15, 0.2) is 16.8 Å². The molecule has 17 heavy (non-hydrogen) atoms. The zero-order chi connectivity index (χ0) is 11.9. The van der Waals surface area contributed by atoms with E-state index in [4.69, 9.17) is 4.74 Å². The largest absolute Gasteiger partial charge is 0.383 e. The zero-order valence-corrected chi connectivity index (χ0v) is 11.3. The Balaban J connectivity index is 1.73. The zero-order valence-electron chi connectivity index (χ0n) is 10.5. The normalized spacial score (nSPS) is 21.1. The number of nitrogens with one attached hydrogen (secondary N) is 1. The Hall–Kier alpha value is -0.420. The molecule has 1 atom stereocenters. The van der Waals surface area contributed by atoms with E-state index in [-0.39, 0.29) is 0 Å². The first-order valence-electron chi connectivity index (χ1n) is 6.35. The van der Waals surface area contributed by atoms with Crippen molar-refractivity contribution in [1.82, 2.24) is 10.2 Å². The fourth-order valence-electron chi connectivity index (χ4n) is 2.39. The van der Waals surface area contributed by atoms with E-state index in [9.17, 15) is 0 Å². The minimum absolute atomic E-state index is 0.701. The van der Waals surface area contributed by atoms with E-state index in [0.29, 0.717) is 6.04 Å². The number of thiophene rings is 1. The quantitative estimate of drug-likeness (QED) is 0.753. The molecule has 0 saturated carbocycles. The summed E-state index contributed by atoms with van der Waals surface area (Å²) in [6.45, 7) is 5.20. The molecule has 1 fully saturated rings. The van der Waals surface area contributed by atoms with Gasteiger partial charge in [0.2, 0.25) is 0 Å². The van der Waals surface area contributed by atoms with Crippen molar-refractivity contribution in [3.05, 3.63) is 22.4 Å². The van der Waals surface area contributed by atoms with Crippen LogP contribution in [0.2, 0.25) is 0 Å². The monoisotopic (exact) mass is 254 g/mol. The van der Waals surface area contributed by atoms with Crippen LogP contribution >= 0.6 is 11.3 Å². The Morgan fingerprint density at radius 3 is 3.29 bits per heavy atom. The molecule has 0 amide bonds. The summed E-state index contributed by atoms with van der Waals surface area (Å²) in [5, 5.41) is 7.90. The lowest BCUT2D eigenvalue weighted by atomic mass is 10.2. The standard InChI is InChI=1S/C13H22N2OS/c1-16-7-5-14-9-13-3-2-6-15(13)10-12-4-8-17-11-12/h4,8,11,13-14H,2-3,5-7,9-10H2,1H3. The molecule has 0 aromatic carbocycles. The Labute approximate surface area is 108 Å². The van der Waals surface area contributed by atoms with Gasteiger partial charge in [-0.15, -0.1) is 0 Å². The number of rotatable bonds is 7. The maximum atomic E-state index is 5.04. The van der Waals surface area contributed by atoms with Crippen molar-refractivity contribution in [1.29, 1.82) is 0 Å². The van der Waals surface area contributed by atoms with E-state index in [1.807, 2.05) is 0 Å². The summed E-state index contributed by atoms with van der Waals surface area (Å²) in [6.07, 6.45) is 2.66. The van der Waals surface area contributed by atoms with Crippen LogP contribution in [-0.4, -0.2) is 44.3 Å². The van der Waals surface area contributed by atoms with E-state index >= 15 is 0 Å². The summed E-state index contributed by atoms with van der Waals surface area (Å²) in [4.78, 5) is 2.60. The predicted octanol–water partition coefficient (Wildman–Crippen LogP) is 1.95. The Kier molecular flexibility index (Phi) is 5.45. The molecule has 2 rings (SSSR count). The number of hydrogen-bond donors (Lipinski definition) is 1. The molecule has 96 valence electrons. The van der Waals surface area contributed by atoms with Crippen molar-refractivity contribution < 1.29 is 4.74 Å². The first kappa shape index (κ1) is 13.0. The highest BCUT2D eigenvalue weighted by Gasteiger charge is 2.23. The van der Waals surface area contributed by atoms with Gasteiger partial charge in [-0.05, 0) is 41.8 Å². The Bertz CT molecular complexity index is 302. The fourth-order valence-corrected chi connectivity index (χ4v) is 3.05. The van der Waals surface area contributed by atoms with Crippen molar-refractivity contribution in [3.8, 4) is 0 Å². The van der Waals surface area contributed by atoms with E-state index in [1.165, 1.54) is 24.9 Å². The number of nitrogens with zero attached hydrogens (tertiary/aromatic N) is 1. The third kappa shape index (κ3) is 4.07. The summed E-state index contributed by atoms with van der Waals surface area (Å²) >= 11 is 1.79. The molecule has 3 nitrogen and oxygen atoms in total. The van der Waals surface area contributed by atoms with Crippen molar-refractivity contribution in [3.63, 3.8) is 0 Å². The first-order valence-corrected chi connectivity index (χ1v) is 7.29. The van der Waals surface area contributed by atoms with Crippen molar-refractivity contribution in [2.24, 2.45) is 0 Å². The molecule has 1 N–H and O–H groups in total. The molecule has 1 saturated heterocycles. The average molecular weight is 254 g/mol. The highest BCUT2D eigenvalue weighted by molar-refractivity contribution is 7.07. The van der Waals surface area contributed by atoms with Gasteiger partial charge in [-0.25, -0.2) is 0 Å². The second-order valence-electron chi connectivity index (χ2n) is 4.60. The first-order chi connectivity index (χ1) is 8.40. The Morgan fingerprint density at radius 2 is 2.53 bits per heavy atom. The molecule has 1 aliphatic heterocycles. The summed E-state index contributed by atoms with van der Waals surface area (Å²) in [7, 11) is 1.75. The smallest absolute Gasteiger partial charge is 0.0587 e. The van der Waals surface area contributed by atoms with E-state index in [2.05, 4.69) is 27.0 Å². The second kappa shape index (κ2) is 7.11. The van der Waals surface area contributed by atoms with E-state index < -0.39 is 0 Å². The van der Waals surface area contributed by atoms with Gasteiger partial charge in [-0.3, -0.25) is 4.90 Å². The topological polar surface area (TPSA) is 24.5 Å². The molecular weight excluding hydrogens is 232 g/mol. The summed E-state index contributed by atoms with van der Waals surface area (Å²) in [5.41, 5.74) is 1.46. The highest BCUT2D eigenvalue weighted by atomic mass is 32.1. The van der Waals surface area contributed by atoms with Gasteiger partial charge in [0.1, 0.15) is 0 Å². The van der Waals surface area contributed by atoms with Gasteiger partial charge in [-0.2, -0.15) is 11.3 Å². The average Bonchev–Trinajstić information content (AvgIpc) is 2.97. The third-order valence-corrected chi connectivity index (χ3v) is 4.06. The molecule has 4 heteroatoms. The third-order valence-electron chi connectivity index (χ3n) is 3.33. The van der Waals surface area contributed by atoms with Gasteiger partial charge in [0.25, 0.3) is 0 Å². The molecule has 1 unspecified atom stereocenters. The predicted molar refractivity (Wildman–Crippen MR) is 72.5 cm³/mol. The molecule has 1 aromatic heterocycles. The number of methoxy groups -OCH3 is 1. The van der Waals surface area contributed by atoms with Crippen LogP contribution in [0.25, 0.3) is 0 Å². The Morgan fingerprint density at radius 1 is 1.59 bits per heavy atom. The van der Waals surface area contributed by atoms with Gasteiger partial charge >= 0.3 is 0 Å². The summed E-state index contributed by atoms with van der Waals surface area (Å²) in [5.74, 6) is 0. The fraction of sp³-hybridized carbons (Fsp3) is 0.692. The lowest BCUT2D eigenvalue weighted by Gasteiger charge is -2.24. The van der Waals surface area contributed by atoms with Gasteiger partial charge in [0.15, 0.2) is 0 Å². The highest BCUT2D eigenvalue weighted by Crippen LogP contribution is 2.20.